The van der Waals surface area contributed by atoms with E-state index in [0.29, 0.717) is 0 Å². The molecule has 0 spiro atoms. The van der Waals surface area contributed by atoms with Crippen LogP contribution in [0.25, 0.3) is 0 Å². The van der Waals surface area contributed by atoms with E-state index < -0.39 is 0 Å². The van der Waals surface area contributed by atoms with Gasteiger partial charge in [-0.3, -0.25) is 0 Å². The maximum atomic E-state index is 4.98. The van der Waals surface area contributed by atoms with Gasteiger partial charge >= 0.3 is 7.48 Å². The van der Waals surface area contributed by atoms with Crippen molar-refractivity contribution < 1.29 is 4.65 Å². The molecule has 0 heterocycles. The highest BCUT2D eigenvalue weighted by molar-refractivity contribution is 6.36. The Bertz CT molecular complexity index is 79.8. The Morgan fingerprint density at radius 2 is 2.43 bits per heavy atom. The van der Waals surface area contributed by atoms with Gasteiger partial charge in [-0.2, -0.15) is 0 Å². The molecule has 0 aliphatic carbocycles. The quantitative estimate of drug-likeness (QED) is 0.360. The normalized spacial score (nSPS) is 6.86. The summed E-state index contributed by atoms with van der Waals surface area (Å²) >= 11 is 0. The minimum atomic E-state index is 0.180. The third-order valence-electron chi connectivity index (χ3n) is 0.316. The van der Waals surface area contributed by atoms with Crippen LogP contribution in [0.2, 0.25) is 0 Å². The summed E-state index contributed by atoms with van der Waals surface area (Å²) in [5.41, 5.74) is 0.180. The van der Waals surface area contributed by atoms with E-state index in [4.69, 9.17) is 7.85 Å². The highest BCUT2D eigenvalue weighted by atomic mass is 16.4. The molecule has 0 aromatic carbocycles. The molecule has 0 fully saturated rings. The van der Waals surface area contributed by atoms with Crippen molar-refractivity contribution in [1.82, 2.24) is 0 Å². The molecule has 0 amide bonds. The van der Waals surface area contributed by atoms with E-state index in [1.807, 2.05) is 0 Å². The number of hydrogen-bond acceptors (Lipinski definition) is 1. The lowest BCUT2D eigenvalue weighted by atomic mass is 10.0. The van der Waals surface area contributed by atoms with E-state index >= 15 is 0 Å². The average Bonchev–Trinajstić information content (AvgIpc) is 1.61. The fraction of sp³-hybridized carbons (Fsp3) is 0. The zero-order chi connectivity index (χ0) is 5.70. The van der Waals surface area contributed by atoms with Gasteiger partial charge in [0.05, 0.1) is 0 Å². The summed E-state index contributed by atoms with van der Waals surface area (Å²) in [4.78, 5) is 0. The lowest BCUT2D eigenvalue weighted by Crippen LogP contribution is -1.92. The van der Waals surface area contributed by atoms with Crippen molar-refractivity contribution in [2.45, 2.75) is 0 Å². The smallest absolute Gasteiger partial charge is 0.398 e. The zero-order valence-electron chi connectivity index (χ0n) is 4.05. The van der Waals surface area contributed by atoms with E-state index in [9.17, 15) is 0 Å². The van der Waals surface area contributed by atoms with Gasteiger partial charge in [0, 0.05) is 5.66 Å². The molecule has 0 bridgehead atoms. The van der Waals surface area contributed by atoms with Crippen molar-refractivity contribution in [3.05, 3.63) is 24.8 Å². The highest BCUT2D eigenvalue weighted by Gasteiger charge is 1.80. The maximum Gasteiger partial charge on any atom is 0.398 e. The van der Waals surface area contributed by atoms with Crippen LogP contribution >= 0.6 is 0 Å². The van der Waals surface area contributed by atoms with Crippen molar-refractivity contribution in [3.8, 4) is 0 Å². The third kappa shape index (κ3) is 5.41. The molecule has 0 rings (SSSR count). The Kier molecular flexibility index (Phi) is 3.29. The molecule has 0 aromatic heterocycles. The van der Waals surface area contributed by atoms with Crippen molar-refractivity contribution in [3.63, 3.8) is 0 Å². The molecule has 0 atom stereocenters. The molecular weight excluding hydrogens is 85.7 g/mol. The first-order valence-electron chi connectivity index (χ1n) is 1.82. The first kappa shape index (κ1) is 6.41. The largest absolute Gasteiger partial charge is 0.571 e. The molecule has 0 aliphatic heterocycles. The minimum Gasteiger partial charge on any atom is -0.571 e. The van der Waals surface area contributed by atoms with Crippen molar-refractivity contribution in [1.29, 1.82) is 0 Å². The van der Waals surface area contributed by atoms with Gasteiger partial charge < -0.3 is 4.65 Å². The molecule has 0 saturated carbocycles. The van der Waals surface area contributed by atoms with Gasteiger partial charge in [-0.15, -0.1) is 6.58 Å². The molecule has 0 aliphatic rings. The van der Waals surface area contributed by atoms with Gasteiger partial charge in [-0.25, -0.2) is 0 Å². The lowest BCUT2D eigenvalue weighted by molar-refractivity contribution is 0.504. The SMILES string of the molecule is [B]C(=C)O[B]C=C. The first-order chi connectivity index (χ1) is 3.27. The monoisotopic (exact) mass is 91.1 g/mol. The van der Waals surface area contributed by atoms with E-state index in [2.05, 4.69) is 17.8 Å². The third-order valence-corrected chi connectivity index (χ3v) is 0.316. The van der Waals surface area contributed by atoms with Gasteiger partial charge in [-0.05, 0) is 0 Å². The highest BCUT2D eigenvalue weighted by Crippen LogP contribution is 1.79. The molecule has 1 nitrogen and oxygen atoms in total. The zero-order valence-corrected chi connectivity index (χ0v) is 4.05. The van der Waals surface area contributed by atoms with Crippen molar-refractivity contribution in [2.24, 2.45) is 0 Å². The fourth-order valence-corrected chi connectivity index (χ4v) is 0.136. The summed E-state index contributed by atoms with van der Waals surface area (Å²) < 4.78 is 4.53. The Labute approximate surface area is 45.7 Å². The van der Waals surface area contributed by atoms with E-state index in [0.717, 1.165) is 0 Å². The van der Waals surface area contributed by atoms with Crippen LogP contribution in [0.4, 0.5) is 0 Å². The second-order valence-electron chi connectivity index (χ2n) is 0.956. The molecule has 3 heteroatoms. The first-order valence-corrected chi connectivity index (χ1v) is 1.82. The topological polar surface area (TPSA) is 9.23 Å². The van der Waals surface area contributed by atoms with Gasteiger partial charge in [0.1, 0.15) is 0 Å². The van der Waals surface area contributed by atoms with Crippen LogP contribution in [-0.4, -0.2) is 15.3 Å². The summed E-state index contributed by atoms with van der Waals surface area (Å²) in [6, 6.07) is 0. The molecule has 0 aromatic rings. The number of hydrogen-bond donors (Lipinski definition) is 0. The van der Waals surface area contributed by atoms with Crippen LogP contribution in [0.15, 0.2) is 24.8 Å². The van der Waals surface area contributed by atoms with Gasteiger partial charge in [0.25, 0.3) is 0 Å². The van der Waals surface area contributed by atoms with Crippen LogP contribution in [0.1, 0.15) is 0 Å². The summed E-state index contributed by atoms with van der Waals surface area (Å²) in [6.45, 7) is 6.62. The minimum absolute atomic E-state index is 0.180. The van der Waals surface area contributed by atoms with E-state index in [-0.39, 0.29) is 5.66 Å². The van der Waals surface area contributed by atoms with Crippen molar-refractivity contribution >= 4 is 15.3 Å². The predicted octanol–water partition coefficient (Wildman–Crippen LogP) is 0.405. The van der Waals surface area contributed by atoms with Crippen LogP contribution in [-0.2, 0) is 4.65 Å². The average molecular weight is 90.7 g/mol. The second kappa shape index (κ2) is 3.59. The number of rotatable bonds is 3. The van der Waals surface area contributed by atoms with Gasteiger partial charge in [0.15, 0.2) is 7.85 Å². The standard InChI is InChI=1S/C4H5B2O/c1-3-6-7-4(2)5/h3H,1-2H2. The molecule has 3 radical (unpaired) electrons. The fourth-order valence-electron chi connectivity index (χ4n) is 0.136. The van der Waals surface area contributed by atoms with Crippen LogP contribution < -0.4 is 0 Å². The Balaban J connectivity index is 2.97. The summed E-state index contributed by atoms with van der Waals surface area (Å²) in [5, 5.41) is 0. The predicted molar refractivity (Wildman–Crippen MR) is 31.9 cm³/mol. The summed E-state index contributed by atoms with van der Waals surface area (Å²) in [5.74, 6) is 1.48. The molecule has 0 N–H and O–H groups in total. The van der Waals surface area contributed by atoms with E-state index in [1.54, 1.807) is 0 Å². The van der Waals surface area contributed by atoms with Crippen molar-refractivity contribution in [2.75, 3.05) is 0 Å². The van der Waals surface area contributed by atoms with E-state index in [1.165, 1.54) is 13.5 Å². The Morgan fingerprint density at radius 1 is 1.86 bits per heavy atom. The Hall–Kier alpha value is -0.590. The van der Waals surface area contributed by atoms with Crippen LogP contribution in [0, 0.1) is 0 Å². The molecular formula is C4H5B2O. The second-order valence-corrected chi connectivity index (χ2v) is 0.956. The Morgan fingerprint density at radius 3 is 2.57 bits per heavy atom. The maximum absolute atomic E-state index is 4.98. The summed E-state index contributed by atoms with van der Waals surface area (Å²) in [6.07, 6.45) is 0. The van der Waals surface area contributed by atoms with Crippen LogP contribution in [0.3, 0.4) is 0 Å². The summed E-state index contributed by atoms with van der Waals surface area (Å²) in [7, 11) is 6.35. The molecule has 7 heavy (non-hydrogen) atoms. The van der Waals surface area contributed by atoms with Gasteiger partial charge in [-0.1, -0.05) is 12.6 Å². The van der Waals surface area contributed by atoms with Crippen LogP contribution in [0.5, 0.6) is 0 Å². The molecule has 0 unspecified atom stereocenters. The molecule has 33 valence electrons. The lowest BCUT2D eigenvalue weighted by Gasteiger charge is -1.96. The molecule has 0 saturated heterocycles. The van der Waals surface area contributed by atoms with Gasteiger partial charge in [0.2, 0.25) is 0 Å².